The molecule has 1 unspecified atom stereocenters. The molecule has 1 amide bonds. The number of carbonyl (C=O) groups is 1. The van der Waals surface area contributed by atoms with Gasteiger partial charge < -0.3 is 14.6 Å². The highest BCUT2D eigenvalue weighted by molar-refractivity contribution is 6.33. The Morgan fingerprint density at radius 1 is 1.25 bits per heavy atom. The highest BCUT2D eigenvalue weighted by Crippen LogP contribution is 2.28. The largest absolute Gasteiger partial charge is 0.441 e. The van der Waals surface area contributed by atoms with Gasteiger partial charge in [-0.05, 0) is 23.8 Å². The molecule has 144 valence electrons. The van der Waals surface area contributed by atoms with Gasteiger partial charge in [0.2, 0.25) is 5.91 Å². The van der Waals surface area contributed by atoms with E-state index in [1.165, 1.54) is 0 Å². The predicted molar refractivity (Wildman–Crippen MR) is 107 cm³/mol. The molecule has 0 bridgehead atoms. The summed E-state index contributed by atoms with van der Waals surface area (Å²) in [7, 11) is 0. The highest BCUT2D eigenvalue weighted by atomic mass is 35.5. The average molecular weight is 397 g/mol. The average Bonchev–Trinajstić information content (AvgIpc) is 3.22. The third kappa shape index (κ3) is 4.08. The second kappa shape index (κ2) is 8.54. The van der Waals surface area contributed by atoms with Gasteiger partial charge in [0.1, 0.15) is 0 Å². The maximum Gasteiger partial charge on any atom is 0.223 e. The molecule has 1 atom stereocenters. The van der Waals surface area contributed by atoms with Crippen LogP contribution in [0.4, 0.5) is 0 Å². The van der Waals surface area contributed by atoms with Gasteiger partial charge in [-0.3, -0.25) is 9.78 Å². The van der Waals surface area contributed by atoms with Crippen molar-refractivity contribution in [1.29, 1.82) is 0 Å². The van der Waals surface area contributed by atoms with Gasteiger partial charge in [0.05, 0.1) is 17.3 Å². The number of nitrogens with one attached hydrogen (secondary N) is 1. The van der Waals surface area contributed by atoms with Gasteiger partial charge in [-0.1, -0.05) is 29.8 Å². The third-order valence-corrected chi connectivity index (χ3v) is 5.21. The van der Waals surface area contributed by atoms with Crippen molar-refractivity contribution in [3.63, 3.8) is 0 Å². The zero-order valence-corrected chi connectivity index (χ0v) is 16.1. The quantitative estimate of drug-likeness (QED) is 0.714. The number of oxazole rings is 1. The summed E-state index contributed by atoms with van der Waals surface area (Å²) < 4.78 is 5.81. The second-order valence-corrected chi connectivity index (χ2v) is 7.10. The first-order chi connectivity index (χ1) is 13.7. The number of aromatic nitrogens is 2. The van der Waals surface area contributed by atoms with Crippen LogP contribution in [-0.2, 0) is 11.2 Å². The third-order valence-electron chi connectivity index (χ3n) is 4.88. The maximum absolute atomic E-state index is 12.9. The van der Waals surface area contributed by atoms with Crippen LogP contribution in [0.2, 0.25) is 5.02 Å². The summed E-state index contributed by atoms with van der Waals surface area (Å²) in [5.41, 5.74) is 1.84. The van der Waals surface area contributed by atoms with Crippen molar-refractivity contribution in [3.8, 4) is 11.3 Å². The number of benzene rings is 1. The molecule has 1 N–H and O–H groups in total. The maximum atomic E-state index is 12.9. The van der Waals surface area contributed by atoms with Gasteiger partial charge in [-0.15, -0.1) is 0 Å². The van der Waals surface area contributed by atoms with E-state index in [0.717, 1.165) is 24.2 Å². The fraction of sp³-hybridized carbons (Fsp3) is 0.286. The zero-order chi connectivity index (χ0) is 19.3. The van der Waals surface area contributed by atoms with E-state index in [1.54, 1.807) is 12.4 Å². The number of rotatable bonds is 5. The Kier molecular flexibility index (Phi) is 5.69. The summed E-state index contributed by atoms with van der Waals surface area (Å²) in [4.78, 5) is 23.3. The van der Waals surface area contributed by atoms with E-state index in [1.807, 2.05) is 47.5 Å². The number of aryl methyl sites for hydroxylation is 1. The smallest absolute Gasteiger partial charge is 0.223 e. The van der Waals surface area contributed by atoms with Crippen LogP contribution in [0, 0.1) is 0 Å². The van der Waals surface area contributed by atoms with Gasteiger partial charge in [0.15, 0.2) is 11.7 Å². The standard InChI is InChI=1S/C21H21ClN4O2/c22-17-6-2-1-5-16(17)19-14-25-20(28-19)7-8-21(27)26-11-10-24-13-18(26)15-4-3-9-23-12-15/h1-6,9,12,14,18,24H,7-8,10-11,13H2. The number of amides is 1. The second-order valence-electron chi connectivity index (χ2n) is 6.69. The molecule has 1 saturated heterocycles. The number of carbonyl (C=O) groups excluding carboxylic acids is 1. The van der Waals surface area contributed by atoms with Crippen molar-refractivity contribution in [2.45, 2.75) is 18.9 Å². The number of nitrogens with zero attached hydrogens (tertiary/aromatic N) is 3. The predicted octanol–water partition coefficient (Wildman–Crippen LogP) is 3.50. The molecular weight excluding hydrogens is 376 g/mol. The number of piperazine rings is 1. The lowest BCUT2D eigenvalue weighted by Gasteiger charge is -2.36. The zero-order valence-electron chi connectivity index (χ0n) is 15.3. The van der Waals surface area contributed by atoms with Crippen LogP contribution in [-0.4, -0.2) is 40.4 Å². The minimum Gasteiger partial charge on any atom is -0.441 e. The number of hydrogen-bond donors (Lipinski definition) is 1. The van der Waals surface area contributed by atoms with E-state index in [4.69, 9.17) is 16.0 Å². The molecule has 4 rings (SSSR count). The lowest BCUT2D eigenvalue weighted by atomic mass is 10.0. The monoisotopic (exact) mass is 396 g/mol. The molecule has 6 nitrogen and oxygen atoms in total. The molecule has 0 aliphatic carbocycles. The Morgan fingerprint density at radius 3 is 2.96 bits per heavy atom. The lowest BCUT2D eigenvalue weighted by Crippen LogP contribution is -2.48. The first-order valence-corrected chi connectivity index (χ1v) is 9.70. The Morgan fingerprint density at radius 2 is 2.14 bits per heavy atom. The van der Waals surface area contributed by atoms with E-state index in [0.29, 0.717) is 36.1 Å². The van der Waals surface area contributed by atoms with Crippen LogP contribution in [0.25, 0.3) is 11.3 Å². The molecule has 1 fully saturated rings. The topological polar surface area (TPSA) is 71.3 Å². The van der Waals surface area contributed by atoms with Gasteiger partial charge in [-0.2, -0.15) is 0 Å². The van der Waals surface area contributed by atoms with Gasteiger partial charge in [0, 0.05) is 50.4 Å². The minimum atomic E-state index is -0.00167. The van der Waals surface area contributed by atoms with Crippen LogP contribution in [0.3, 0.4) is 0 Å². The molecular formula is C21H21ClN4O2. The molecule has 7 heteroatoms. The molecule has 28 heavy (non-hydrogen) atoms. The normalized spacial score (nSPS) is 16.9. The minimum absolute atomic E-state index is 0.00167. The molecule has 1 aromatic carbocycles. The van der Waals surface area contributed by atoms with E-state index >= 15 is 0 Å². The summed E-state index contributed by atoms with van der Waals surface area (Å²) >= 11 is 6.21. The first-order valence-electron chi connectivity index (χ1n) is 9.32. The molecule has 1 aliphatic rings. The number of halogens is 1. The van der Waals surface area contributed by atoms with Gasteiger partial charge in [-0.25, -0.2) is 4.98 Å². The Hall–Kier alpha value is -2.70. The Labute approximate surface area is 168 Å². The summed E-state index contributed by atoms with van der Waals surface area (Å²) in [5.74, 6) is 1.24. The number of pyridine rings is 1. The molecule has 1 aliphatic heterocycles. The van der Waals surface area contributed by atoms with Crippen molar-refractivity contribution >= 4 is 17.5 Å². The SMILES string of the molecule is O=C(CCc1ncc(-c2ccccc2Cl)o1)N1CCNCC1c1cccnc1. The molecule has 0 spiro atoms. The van der Waals surface area contributed by atoms with E-state index in [9.17, 15) is 4.79 Å². The van der Waals surface area contributed by atoms with Crippen LogP contribution >= 0.6 is 11.6 Å². The molecule has 0 radical (unpaired) electrons. The summed E-state index contributed by atoms with van der Waals surface area (Å²) in [5, 5.41) is 3.97. The highest BCUT2D eigenvalue weighted by Gasteiger charge is 2.28. The van der Waals surface area contributed by atoms with Crippen LogP contribution in [0.5, 0.6) is 0 Å². The van der Waals surface area contributed by atoms with Crippen molar-refractivity contribution in [1.82, 2.24) is 20.2 Å². The van der Waals surface area contributed by atoms with Crippen molar-refractivity contribution in [2.75, 3.05) is 19.6 Å². The van der Waals surface area contributed by atoms with Gasteiger partial charge >= 0.3 is 0 Å². The fourth-order valence-electron chi connectivity index (χ4n) is 3.44. The molecule has 2 aromatic heterocycles. The van der Waals surface area contributed by atoms with E-state index < -0.39 is 0 Å². The molecule has 3 aromatic rings. The Bertz CT molecular complexity index is 944. The summed E-state index contributed by atoms with van der Waals surface area (Å²) in [6.07, 6.45) is 6.02. The van der Waals surface area contributed by atoms with E-state index in [-0.39, 0.29) is 11.9 Å². The Balaban J connectivity index is 1.42. The summed E-state index contributed by atoms with van der Waals surface area (Å²) in [6.45, 7) is 2.19. The fourth-order valence-corrected chi connectivity index (χ4v) is 3.67. The van der Waals surface area contributed by atoms with Gasteiger partial charge in [0.25, 0.3) is 0 Å². The molecule has 3 heterocycles. The van der Waals surface area contributed by atoms with Crippen LogP contribution in [0.15, 0.2) is 59.4 Å². The summed E-state index contributed by atoms with van der Waals surface area (Å²) in [6, 6.07) is 11.4. The lowest BCUT2D eigenvalue weighted by molar-refractivity contribution is -0.134. The van der Waals surface area contributed by atoms with Crippen LogP contribution < -0.4 is 5.32 Å². The van der Waals surface area contributed by atoms with Crippen molar-refractivity contribution in [2.24, 2.45) is 0 Å². The van der Waals surface area contributed by atoms with Crippen molar-refractivity contribution < 1.29 is 9.21 Å². The first kappa shape index (κ1) is 18.7. The molecule has 0 saturated carbocycles. The number of hydrogen-bond acceptors (Lipinski definition) is 5. The van der Waals surface area contributed by atoms with E-state index in [2.05, 4.69) is 15.3 Å². The van der Waals surface area contributed by atoms with Crippen molar-refractivity contribution in [3.05, 3.63) is 71.5 Å². The van der Waals surface area contributed by atoms with Crippen LogP contribution in [0.1, 0.15) is 23.9 Å².